The third-order valence-electron chi connectivity index (χ3n) is 7.13. The van der Waals surface area contributed by atoms with Gasteiger partial charge in [-0.15, -0.1) is 0 Å². The summed E-state index contributed by atoms with van der Waals surface area (Å²) in [5.41, 5.74) is 0. The monoisotopic (exact) mass is 278 g/mol. The third-order valence-corrected chi connectivity index (χ3v) is 7.13. The molecule has 0 aromatic carbocycles. The molecule has 1 saturated heterocycles. The quantitative estimate of drug-likeness (QED) is 0.774. The molecule has 114 valence electrons. The molecule has 1 aliphatic heterocycles. The molecule has 4 rings (SSSR count). The van der Waals surface area contributed by atoms with Gasteiger partial charge >= 0.3 is 0 Å². The Morgan fingerprint density at radius 2 is 1.45 bits per heavy atom. The van der Waals surface area contributed by atoms with Crippen molar-refractivity contribution in [3.8, 4) is 0 Å². The van der Waals surface area contributed by atoms with Crippen molar-refractivity contribution in [3.05, 3.63) is 0 Å². The van der Waals surface area contributed by atoms with Crippen molar-refractivity contribution < 1.29 is 9.47 Å². The molecule has 4 aliphatic rings. The van der Waals surface area contributed by atoms with Gasteiger partial charge in [-0.2, -0.15) is 0 Å². The van der Waals surface area contributed by atoms with Crippen LogP contribution in [0.25, 0.3) is 0 Å². The van der Waals surface area contributed by atoms with Crippen LogP contribution in [-0.4, -0.2) is 19.5 Å². The first kappa shape index (κ1) is 13.6. The van der Waals surface area contributed by atoms with Crippen molar-refractivity contribution in [3.63, 3.8) is 0 Å². The summed E-state index contributed by atoms with van der Waals surface area (Å²) < 4.78 is 11.9. The van der Waals surface area contributed by atoms with E-state index >= 15 is 0 Å². The van der Waals surface area contributed by atoms with Gasteiger partial charge in [0.15, 0.2) is 6.29 Å². The zero-order chi connectivity index (χ0) is 13.7. The van der Waals surface area contributed by atoms with Crippen molar-refractivity contribution in [1.82, 2.24) is 0 Å². The first-order valence-corrected chi connectivity index (χ1v) is 9.06. The van der Waals surface area contributed by atoms with E-state index in [4.69, 9.17) is 9.47 Å². The van der Waals surface area contributed by atoms with E-state index < -0.39 is 0 Å². The molecule has 0 radical (unpaired) electrons. The highest BCUT2D eigenvalue weighted by atomic mass is 16.7. The third kappa shape index (κ3) is 1.90. The minimum Gasteiger partial charge on any atom is -0.352 e. The van der Waals surface area contributed by atoms with Crippen LogP contribution in [-0.2, 0) is 9.47 Å². The minimum absolute atomic E-state index is 0.137. The normalized spacial score (nSPS) is 51.6. The molecule has 0 aromatic heterocycles. The number of hydrogen-bond acceptors (Lipinski definition) is 2. The summed E-state index contributed by atoms with van der Waals surface area (Å²) in [4.78, 5) is 0. The van der Waals surface area contributed by atoms with Gasteiger partial charge in [-0.3, -0.25) is 0 Å². The van der Waals surface area contributed by atoms with Gasteiger partial charge < -0.3 is 9.47 Å². The molecule has 3 aliphatic carbocycles. The highest BCUT2D eigenvalue weighted by Gasteiger charge is 2.61. The number of fused-ring (bicyclic) bond motifs is 5. The first-order chi connectivity index (χ1) is 9.83. The fraction of sp³-hybridized carbons (Fsp3) is 1.00. The number of ether oxygens (including phenoxy) is 2. The molecule has 0 amide bonds. The predicted molar refractivity (Wildman–Crippen MR) is 79.2 cm³/mol. The minimum atomic E-state index is 0.137. The van der Waals surface area contributed by atoms with Crippen LogP contribution in [0.3, 0.4) is 0 Å². The Bertz CT molecular complexity index is 349. The summed E-state index contributed by atoms with van der Waals surface area (Å²) in [5, 5.41) is 0. The van der Waals surface area contributed by atoms with E-state index in [1.165, 1.54) is 32.1 Å². The second kappa shape index (κ2) is 5.28. The van der Waals surface area contributed by atoms with Crippen LogP contribution in [0.15, 0.2) is 0 Å². The van der Waals surface area contributed by atoms with E-state index in [-0.39, 0.29) is 6.29 Å². The summed E-state index contributed by atoms with van der Waals surface area (Å²) in [6.07, 6.45) is 8.40. The van der Waals surface area contributed by atoms with Crippen LogP contribution < -0.4 is 0 Å². The van der Waals surface area contributed by atoms with Crippen LogP contribution in [0.1, 0.15) is 52.4 Å². The Kier molecular flexibility index (Phi) is 3.58. The van der Waals surface area contributed by atoms with Gasteiger partial charge in [0, 0.05) is 5.92 Å². The van der Waals surface area contributed by atoms with Crippen LogP contribution in [0.5, 0.6) is 0 Å². The van der Waals surface area contributed by atoms with E-state index in [1.807, 2.05) is 0 Å². The van der Waals surface area contributed by atoms with Crippen molar-refractivity contribution in [2.45, 2.75) is 58.7 Å². The molecule has 20 heavy (non-hydrogen) atoms. The van der Waals surface area contributed by atoms with Crippen molar-refractivity contribution >= 4 is 0 Å². The van der Waals surface area contributed by atoms with E-state index in [0.717, 1.165) is 55.1 Å². The zero-order valence-corrected chi connectivity index (χ0v) is 13.1. The van der Waals surface area contributed by atoms with Gasteiger partial charge in [0.05, 0.1) is 13.2 Å². The summed E-state index contributed by atoms with van der Waals surface area (Å²) >= 11 is 0. The van der Waals surface area contributed by atoms with Gasteiger partial charge in [-0.05, 0) is 61.2 Å². The van der Waals surface area contributed by atoms with Gasteiger partial charge in [0.1, 0.15) is 0 Å². The van der Waals surface area contributed by atoms with Crippen LogP contribution in [0.2, 0.25) is 0 Å². The standard InChI is InChI=1S/C18H30O2/c1-3-11-8-12(4-2)17-14-9-13(16(11)17)10-15(14)18-19-6-5-7-20-18/h11-18H,3-10H2,1-2H3. The molecule has 0 N–H and O–H groups in total. The Morgan fingerprint density at radius 1 is 0.800 bits per heavy atom. The Labute approximate surface area is 123 Å². The molecule has 3 saturated carbocycles. The van der Waals surface area contributed by atoms with Gasteiger partial charge in [0.2, 0.25) is 0 Å². The van der Waals surface area contributed by atoms with E-state index in [2.05, 4.69) is 13.8 Å². The first-order valence-electron chi connectivity index (χ1n) is 9.06. The van der Waals surface area contributed by atoms with E-state index in [9.17, 15) is 0 Å². The second-order valence-corrected chi connectivity index (χ2v) is 7.75. The van der Waals surface area contributed by atoms with E-state index in [1.54, 1.807) is 0 Å². The second-order valence-electron chi connectivity index (χ2n) is 7.75. The molecule has 0 aromatic rings. The van der Waals surface area contributed by atoms with E-state index in [0.29, 0.717) is 5.92 Å². The Morgan fingerprint density at radius 3 is 2.15 bits per heavy atom. The van der Waals surface area contributed by atoms with Crippen LogP contribution >= 0.6 is 0 Å². The SMILES string of the molecule is CCC1CC(CC)C2C3CC(CC3C3OCCCO3)C12. The molecule has 0 spiro atoms. The average molecular weight is 278 g/mol. The molecule has 2 bridgehead atoms. The molecular weight excluding hydrogens is 248 g/mol. The van der Waals surface area contributed by atoms with Gasteiger partial charge in [0.25, 0.3) is 0 Å². The highest BCUT2D eigenvalue weighted by molar-refractivity contribution is 5.08. The lowest BCUT2D eigenvalue weighted by Crippen LogP contribution is -2.40. The molecule has 4 fully saturated rings. The average Bonchev–Trinajstić information content (AvgIpc) is 3.18. The number of rotatable bonds is 3. The van der Waals surface area contributed by atoms with Gasteiger partial charge in [-0.25, -0.2) is 0 Å². The van der Waals surface area contributed by atoms with Crippen LogP contribution in [0, 0.1) is 41.4 Å². The maximum atomic E-state index is 5.96. The summed E-state index contributed by atoms with van der Waals surface area (Å²) in [5.74, 6) is 6.68. The van der Waals surface area contributed by atoms with Gasteiger partial charge in [-0.1, -0.05) is 26.7 Å². The van der Waals surface area contributed by atoms with Crippen LogP contribution in [0.4, 0.5) is 0 Å². The van der Waals surface area contributed by atoms with Crippen molar-refractivity contribution in [2.75, 3.05) is 13.2 Å². The Hall–Kier alpha value is -0.0800. The molecular formula is C18H30O2. The lowest BCUT2D eigenvalue weighted by atomic mass is 9.70. The molecule has 2 nitrogen and oxygen atoms in total. The molecule has 7 atom stereocenters. The molecule has 7 unspecified atom stereocenters. The largest absolute Gasteiger partial charge is 0.352 e. The topological polar surface area (TPSA) is 18.5 Å². The van der Waals surface area contributed by atoms with Crippen molar-refractivity contribution in [2.24, 2.45) is 41.4 Å². The maximum absolute atomic E-state index is 5.96. The molecule has 1 heterocycles. The molecule has 2 heteroatoms. The predicted octanol–water partition coefficient (Wildman–Crippen LogP) is 4.09. The number of hydrogen-bond donors (Lipinski definition) is 0. The lowest BCUT2D eigenvalue weighted by molar-refractivity contribution is -0.217. The zero-order valence-electron chi connectivity index (χ0n) is 13.1. The summed E-state index contributed by atoms with van der Waals surface area (Å²) in [6, 6.07) is 0. The summed E-state index contributed by atoms with van der Waals surface area (Å²) in [7, 11) is 0. The fourth-order valence-electron chi connectivity index (χ4n) is 6.51. The highest BCUT2D eigenvalue weighted by Crippen LogP contribution is 2.66. The lowest BCUT2D eigenvalue weighted by Gasteiger charge is -2.40. The maximum Gasteiger partial charge on any atom is 0.160 e. The smallest absolute Gasteiger partial charge is 0.160 e. The Balaban J connectivity index is 1.53. The fourth-order valence-corrected chi connectivity index (χ4v) is 6.51. The van der Waals surface area contributed by atoms with Crippen molar-refractivity contribution in [1.29, 1.82) is 0 Å². The summed E-state index contributed by atoms with van der Waals surface area (Å²) in [6.45, 7) is 6.66.